The molecule has 130 valence electrons. The van der Waals surface area contributed by atoms with Gasteiger partial charge in [0, 0.05) is 17.1 Å². The highest BCUT2D eigenvalue weighted by Crippen LogP contribution is 2.40. The molecule has 3 aromatic rings. The molecule has 26 heavy (non-hydrogen) atoms. The van der Waals surface area contributed by atoms with E-state index in [2.05, 4.69) is 72.7 Å². The molecule has 0 aliphatic carbocycles. The molecule has 3 aromatic carbocycles. The molecule has 0 aromatic heterocycles. The topological polar surface area (TPSA) is 21.6 Å². The molecule has 0 saturated heterocycles. The quantitative estimate of drug-likeness (QED) is 0.536. The van der Waals surface area contributed by atoms with E-state index in [1.54, 1.807) is 0 Å². The number of benzene rings is 3. The standard InChI is InChI=1S/C23H21NOS/c1-18-12-14-21(15-13-18)26-17-23(20-10-6-3-7-11-20)16-22(24-25-23)19-8-4-2-5-9-19/h2-15H,16-17H2,1H3/t23-/m1/s1. The highest BCUT2D eigenvalue weighted by molar-refractivity contribution is 7.99. The summed E-state index contributed by atoms with van der Waals surface area (Å²) in [5, 5.41) is 4.47. The number of thioether (sulfide) groups is 1. The van der Waals surface area contributed by atoms with E-state index in [4.69, 9.17) is 4.84 Å². The van der Waals surface area contributed by atoms with Gasteiger partial charge in [-0.25, -0.2) is 0 Å². The zero-order valence-electron chi connectivity index (χ0n) is 14.8. The predicted molar refractivity (Wildman–Crippen MR) is 109 cm³/mol. The number of hydrogen-bond acceptors (Lipinski definition) is 3. The zero-order valence-corrected chi connectivity index (χ0v) is 15.6. The Morgan fingerprint density at radius 2 is 1.54 bits per heavy atom. The Morgan fingerprint density at radius 1 is 0.885 bits per heavy atom. The highest BCUT2D eigenvalue weighted by atomic mass is 32.2. The Labute approximate surface area is 158 Å². The molecule has 1 atom stereocenters. The molecule has 0 spiro atoms. The summed E-state index contributed by atoms with van der Waals surface area (Å²) in [4.78, 5) is 7.36. The fourth-order valence-electron chi connectivity index (χ4n) is 3.15. The van der Waals surface area contributed by atoms with Gasteiger partial charge in [0.1, 0.15) is 0 Å². The number of rotatable bonds is 5. The van der Waals surface area contributed by atoms with E-state index in [0.29, 0.717) is 0 Å². The molecular formula is C23H21NOS. The minimum Gasteiger partial charge on any atom is -0.383 e. The summed E-state index contributed by atoms with van der Waals surface area (Å²) in [6.45, 7) is 2.11. The second-order valence-corrected chi connectivity index (χ2v) is 7.68. The number of oxime groups is 1. The zero-order chi connectivity index (χ0) is 17.8. The van der Waals surface area contributed by atoms with Crippen molar-refractivity contribution in [2.45, 2.75) is 23.8 Å². The lowest BCUT2D eigenvalue weighted by molar-refractivity contribution is -0.00317. The Balaban J connectivity index is 1.59. The van der Waals surface area contributed by atoms with E-state index >= 15 is 0 Å². The van der Waals surface area contributed by atoms with Crippen LogP contribution in [0.15, 0.2) is 95.0 Å². The minimum atomic E-state index is -0.429. The molecule has 4 rings (SSSR count). The summed E-state index contributed by atoms with van der Waals surface area (Å²) in [6, 6.07) is 29.4. The van der Waals surface area contributed by atoms with Crippen molar-refractivity contribution in [2.24, 2.45) is 5.16 Å². The van der Waals surface area contributed by atoms with Crippen LogP contribution in [0.25, 0.3) is 0 Å². The van der Waals surface area contributed by atoms with Gasteiger partial charge in [0.15, 0.2) is 5.60 Å². The lowest BCUT2D eigenvalue weighted by Gasteiger charge is -2.27. The molecule has 2 nitrogen and oxygen atoms in total. The summed E-state index contributed by atoms with van der Waals surface area (Å²) < 4.78 is 0. The van der Waals surface area contributed by atoms with Gasteiger partial charge in [0.05, 0.1) is 5.71 Å². The van der Waals surface area contributed by atoms with E-state index in [-0.39, 0.29) is 0 Å². The third-order valence-corrected chi connectivity index (χ3v) is 5.90. The molecule has 3 heteroatoms. The van der Waals surface area contributed by atoms with E-state index in [1.807, 2.05) is 36.0 Å². The van der Waals surface area contributed by atoms with Gasteiger partial charge in [-0.05, 0) is 30.2 Å². The van der Waals surface area contributed by atoms with Crippen LogP contribution in [0.4, 0.5) is 0 Å². The molecule has 1 aliphatic rings. The van der Waals surface area contributed by atoms with Gasteiger partial charge >= 0.3 is 0 Å². The summed E-state index contributed by atoms with van der Waals surface area (Å²) in [5.74, 6) is 0.819. The minimum absolute atomic E-state index is 0.429. The van der Waals surface area contributed by atoms with Crippen LogP contribution in [0.1, 0.15) is 23.1 Å². The first kappa shape index (κ1) is 16.9. The average molecular weight is 359 g/mol. The van der Waals surface area contributed by atoms with Gasteiger partial charge in [-0.3, -0.25) is 0 Å². The maximum absolute atomic E-state index is 6.11. The van der Waals surface area contributed by atoms with Crippen LogP contribution in [0, 0.1) is 6.92 Å². The first-order valence-corrected chi connectivity index (χ1v) is 9.79. The third kappa shape index (κ3) is 3.54. The van der Waals surface area contributed by atoms with Crippen molar-refractivity contribution in [3.8, 4) is 0 Å². The number of hydrogen-bond donors (Lipinski definition) is 0. The second-order valence-electron chi connectivity index (χ2n) is 6.63. The fourth-order valence-corrected chi connectivity index (χ4v) is 4.20. The SMILES string of the molecule is Cc1ccc(SC[C@@]2(c3ccccc3)CC(c3ccccc3)=NO2)cc1. The van der Waals surface area contributed by atoms with Crippen LogP contribution in [-0.2, 0) is 10.4 Å². The summed E-state index contributed by atoms with van der Waals surface area (Å²) in [7, 11) is 0. The lowest BCUT2D eigenvalue weighted by Crippen LogP contribution is -2.29. The third-order valence-electron chi connectivity index (χ3n) is 4.68. The maximum Gasteiger partial charge on any atom is 0.177 e. The van der Waals surface area contributed by atoms with Gasteiger partial charge in [-0.1, -0.05) is 83.5 Å². The molecule has 0 amide bonds. The molecule has 0 radical (unpaired) electrons. The summed E-state index contributed by atoms with van der Waals surface area (Å²) in [6.07, 6.45) is 0.778. The smallest absolute Gasteiger partial charge is 0.177 e. The van der Waals surface area contributed by atoms with Crippen LogP contribution in [0.2, 0.25) is 0 Å². The first-order valence-electron chi connectivity index (χ1n) is 8.81. The molecule has 0 N–H and O–H groups in total. The Kier molecular flexibility index (Phi) is 4.81. The van der Waals surface area contributed by atoms with E-state index in [9.17, 15) is 0 Å². The largest absolute Gasteiger partial charge is 0.383 e. The second kappa shape index (κ2) is 7.38. The first-order chi connectivity index (χ1) is 12.8. The van der Waals surface area contributed by atoms with Crippen molar-refractivity contribution in [1.82, 2.24) is 0 Å². The van der Waals surface area contributed by atoms with E-state index in [1.165, 1.54) is 16.0 Å². The number of nitrogens with zero attached hydrogens (tertiary/aromatic N) is 1. The fraction of sp³-hybridized carbons (Fsp3) is 0.174. The molecule has 0 unspecified atom stereocenters. The van der Waals surface area contributed by atoms with Crippen LogP contribution < -0.4 is 0 Å². The predicted octanol–water partition coefficient (Wildman–Crippen LogP) is 5.81. The van der Waals surface area contributed by atoms with Gasteiger partial charge < -0.3 is 4.84 Å². The van der Waals surface area contributed by atoms with Crippen molar-refractivity contribution in [3.05, 3.63) is 102 Å². The van der Waals surface area contributed by atoms with Crippen molar-refractivity contribution in [2.75, 3.05) is 5.75 Å². The lowest BCUT2D eigenvalue weighted by atomic mass is 9.89. The molecule has 0 bridgehead atoms. The van der Waals surface area contributed by atoms with E-state index in [0.717, 1.165) is 23.4 Å². The molecule has 1 aliphatic heterocycles. The molecular weight excluding hydrogens is 338 g/mol. The molecule has 0 fully saturated rings. The van der Waals surface area contributed by atoms with Gasteiger partial charge in [0.2, 0.25) is 0 Å². The summed E-state index contributed by atoms with van der Waals surface area (Å²) >= 11 is 1.82. The van der Waals surface area contributed by atoms with E-state index < -0.39 is 5.60 Å². The van der Waals surface area contributed by atoms with Crippen molar-refractivity contribution < 1.29 is 4.84 Å². The monoisotopic (exact) mass is 359 g/mol. The van der Waals surface area contributed by atoms with Crippen molar-refractivity contribution in [1.29, 1.82) is 0 Å². The average Bonchev–Trinajstić information content (AvgIpc) is 3.15. The highest BCUT2D eigenvalue weighted by Gasteiger charge is 2.41. The number of aryl methyl sites for hydroxylation is 1. The Bertz CT molecular complexity index is 891. The van der Waals surface area contributed by atoms with Crippen LogP contribution in [-0.4, -0.2) is 11.5 Å². The maximum atomic E-state index is 6.11. The normalized spacial score (nSPS) is 19.0. The van der Waals surface area contributed by atoms with Crippen LogP contribution in [0.5, 0.6) is 0 Å². The molecule has 0 saturated carbocycles. The van der Waals surface area contributed by atoms with Crippen molar-refractivity contribution in [3.63, 3.8) is 0 Å². The molecule has 1 heterocycles. The Morgan fingerprint density at radius 3 is 2.23 bits per heavy atom. The summed E-state index contributed by atoms with van der Waals surface area (Å²) in [5.41, 5.74) is 4.17. The van der Waals surface area contributed by atoms with Crippen LogP contribution >= 0.6 is 11.8 Å². The van der Waals surface area contributed by atoms with Gasteiger partial charge in [0.25, 0.3) is 0 Å². The van der Waals surface area contributed by atoms with Gasteiger partial charge in [-0.15, -0.1) is 11.8 Å². The van der Waals surface area contributed by atoms with Crippen molar-refractivity contribution >= 4 is 17.5 Å². The Hall–Kier alpha value is -2.52. The van der Waals surface area contributed by atoms with Gasteiger partial charge in [-0.2, -0.15) is 0 Å². The van der Waals surface area contributed by atoms with Crippen LogP contribution in [0.3, 0.4) is 0 Å².